The van der Waals surface area contributed by atoms with Gasteiger partial charge in [-0.3, -0.25) is 9.46 Å². The first-order valence-electron chi connectivity index (χ1n) is 9.65. The molecule has 10 heteroatoms. The molecule has 1 aliphatic rings. The Morgan fingerprint density at radius 1 is 1.03 bits per heavy atom. The van der Waals surface area contributed by atoms with Crippen molar-refractivity contribution in [2.24, 2.45) is 0 Å². The van der Waals surface area contributed by atoms with E-state index >= 15 is 0 Å². The summed E-state index contributed by atoms with van der Waals surface area (Å²) < 4.78 is 25.0. The molecule has 1 aliphatic heterocycles. The van der Waals surface area contributed by atoms with E-state index in [9.17, 15) is 14.8 Å². The molecule has 1 fully saturated rings. The van der Waals surface area contributed by atoms with Crippen LogP contribution in [0.25, 0.3) is 0 Å². The SMILES string of the molecule is CCOP(=O)(OCC)C(c1ccc(O)c(O)c1)N1CCN(c2ncccn2)CC1. The number of hydrogen-bond donors (Lipinski definition) is 2. The van der Waals surface area contributed by atoms with Gasteiger partial charge in [-0.1, -0.05) is 6.07 Å². The van der Waals surface area contributed by atoms with Crippen LogP contribution in [0.4, 0.5) is 5.95 Å². The van der Waals surface area contributed by atoms with Crippen molar-refractivity contribution >= 4 is 13.5 Å². The van der Waals surface area contributed by atoms with E-state index in [0.717, 1.165) is 0 Å². The average molecular weight is 422 g/mol. The van der Waals surface area contributed by atoms with Crippen molar-refractivity contribution in [2.75, 3.05) is 44.3 Å². The minimum atomic E-state index is -3.56. The van der Waals surface area contributed by atoms with Crippen molar-refractivity contribution in [3.05, 3.63) is 42.2 Å². The predicted octanol–water partition coefficient (Wildman–Crippen LogP) is 2.97. The molecule has 2 N–H and O–H groups in total. The van der Waals surface area contributed by atoms with E-state index < -0.39 is 13.4 Å². The van der Waals surface area contributed by atoms with E-state index in [1.54, 1.807) is 38.4 Å². The first-order valence-corrected chi connectivity index (χ1v) is 11.3. The highest BCUT2D eigenvalue weighted by molar-refractivity contribution is 7.54. The molecule has 1 aromatic heterocycles. The van der Waals surface area contributed by atoms with Crippen LogP contribution in [0.3, 0.4) is 0 Å². The molecule has 2 aromatic rings. The van der Waals surface area contributed by atoms with E-state index in [1.165, 1.54) is 12.1 Å². The van der Waals surface area contributed by atoms with E-state index in [4.69, 9.17) is 9.05 Å². The van der Waals surface area contributed by atoms with Gasteiger partial charge >= 0.3 is 7.60 Å². The van der Waals surface area contributed by atoms with Crippen LogP contribution in [0.2, 0.25) is 0 Å². The summed E-state index contributed by atoms with van der Waals surface area (Å²) in [6.45, 7) is 6.43. The normalized spacial score (nSPS) is 16.7. The summed E-state index contributed by atoms with van der Waals surface area (Å²) in [6.07, 6.45) is 3.41. The molecule has 0 bridgehead atoms. The van der Waals surface area contributed by atoms with Gasteiger partial charge < -0.3 is 24.2 Å². The number of phenolic OH excluding ortho intramolecular Hbond substituents is 2. The molecule has 0 spiro atoms. The third kappa shape index (κ3) is 4.87. The summed E-state index contributed by atoms with van der Waals surface area (Å²) in [5.74, 6) is -0.555. The smallest absolute Gasteiger partial charge is 0.352 e. The Hall–Kier alpha value is -2.19. The van der Waals surface area contributed by atoms with Crippen molar-refractivity contribution < 1.29 is 23.8 Å². The molecule has 1 aromatic carbocycles. The van der Waals surface area contributed by atoms with Gasteiger partial charge in [0.15, 0.2) is 11.5 Å². The first-order chi connectivity index (χ1) is 14.0. The number of phenols is 2. The highest BCUT2D eigenvalue weighted by atomic mass is 31.2. The fourth-order valence-corrected chi connectivity index (χ4v) is 5.69. The third-order valence-electron chi connectivity index (χ3n) is 4.71. The van der Waals surface area contributed by atoms with Gasteiger partial charge in [-0.15, -0.1) is 0 Å². The van der Waals surface area contributed by atoms with Crippen molar-refractivity contribution in [1.82, 2.24) is 14.9 Å². The standard InChI is InChI=1S/C19H27N4O5P/c1-3-27-29(26,28-4-2)18(15-6-7-16(24)17(25)14-15)22-10-12-23(13-11-22)19-20-8-5-9-21-19/h5-9,14,18,24-25H,3-4,10-13H2,1-2H3. The molecule has 2 heterocycles. The van der Waals surface area contributed by atoms with Crippen molar-refractivity contribution in [3.8, 4) is 11.5 Å². The topological polar surface area (TPSA) is 108 Å². The molecule has 9 nitrogen and oxygen atoms in total. The van der Waals surface area contributed by atoms with Crippen LogP contribution in [0.5, 0.6) is 11.5 Å². The Morgan fingerprint density at radius 2 is 1.66 bits per heavy atom. The molecule has 0 aliphatic carbocycles. The van der Waals surface area contributed by atoms with Crippen molar-refractivity contribution in [2.45, 2.75) is 19.6 Å². The minimum Gasteiger partial charge on any atom is -0.504 e. The zero-order valence-corrected chi connectivity index (χ0v) is 17.5. The number of aromatic hydroxyl groups is 2. The second kappa shape index (κ2) is 9.54. The number of aromatic nitrogens is 2. The maximum Gasteiger partial charge on any atom is 0.352 e. The molecular weight excluding hydrogens is 395 g/mol. The highest BCUT2D eigenvalue weighted by Gasteiger charge is 2.42. The number of nitrogens with zero attached hydrogens (tertiary/aromatic N) is 4. The van der Waals surface area contributed by atoms with Crippen LogP contribution in [-0.2, 0) is 13.6 Å². The van der Waals surface area contributed by atoms with Crippen LogP contribution in [0.15, 0.2) is 36.7 Å². The lowest BCUT2D eigenvalue weighted by molar-refractivity contribution is 0.157. The molecule has 0 radical (unpaired) electrons. The lowest BCUT2D eigenvalue weighted by Crippen LogP contribution is -2.48. The predicted molar refractivity (Wildman–Crippen MR) is 109 cm³/mol. The van der Waals surface area contributed by atoms with Crippen molar-refractivity contribution in [1.29, 1.82) is 0 Å². The molecular formula is C19H27N4O5P. The fraction of sp³-hybridized carbons (Fsp3) is 0.474. The number of benzene rings is 1. The van der Waals surface area contributed by atoms with Crippen LogP contribution in [0.1, 0.15) is 25.2 Å². The molecule has 158 valence electrons. The molecule has 1 unspecified atom stereocenters. The first kappa shape index (κ1) is 21.5. The Balaban J connectivity index is 1.89. The summed E-state index contributed by atoms with van der Waals surface area (Å²) in [4.78, 5) is 12.7. The highest BCUT2D eigenvalue weighted by Crippen LogP contribution is 2.62. The molecule has 0 amide bonds. The monoisotopic (exact) mass is 422 g/mol. The zero-order valence-electron chi connectivity index (χ0n) is 16.6. The minimum absolute atomic E-state index is 0.232. The maximum absolute atomic E-state index is 13.7. The molecule has 3 rings (SSSR count). The Morgan fingerprint density at radius 3 is 2.21 bits per heavy atom. The largest absolute Gasteiger partial charge is 0.504 e. The van der Waals surface area contributed by atoms with E-state index in [-0.39, 0.29) is 24.7 Å². The molecule has 1 atom stereocenters. The molecule has 0 saturated carbocycles. The van der Waals surface area contributed by atoms with Crippen LogP contribution in [0, 0.1) is 0 Å². The van der Waals surface area contributed by atoms with E-state index in [0.29, 0.717) is 37.7 Å². The summed E-state index contributed by atoms with van der Waals surface area (Å²) in [5.41, 5.74) is 0.565. The van der Waals surface area contributed by atoms with Crippen LogP contribution >= 0.6 is 7.60 Å². The lowest BCUT2D eigenvalue weighted by atomic mass is 10.1. The number of piperazine rings is 1. The van der Waals surface area contributed by atoms with Gasteiger partial charge in [0, 0.05) is 38.6 Å². The molecule has 1 saturated heterocycles. The van der Waals surface area contributed by atoms with E-state index in [2.05, 4.69) is 14.9 Å². The fourth-order valence-electron chi connectivity index (χ4n) is 3.45. The van der Waals surface area contributed by atoms with Crippen LogP contribution < -0.4 is 4.90 Å². The summed E-state index contributed by atoms with van der Waals surface area (Å²) in [6, 6.07) is 6.20. The van der Waals surface area contributed by atoms with Gasteiger partial charge in [-0.2, -0.15) is 0 Å². The van der Waals surface area contributed by atoms with Crippen molar-refractivity contribution in [3.63, 3.8) is 0 Å². The number of hydrogen-bond acceptors (Lipinski definition) is 9. The Kier molecular flexibility index (Phi) is 7.08. The van der Waals surface area contributed by atoms with Gasteiger partial charge in [0.2, 0.25) is 5.95 Å². The lowest BCUT2D eigenvalue weighted by Gasteiger charge is -2.41. The average Bonchev–Trinajstić information content (AvgIpc) is 2.72. The summed E-state index contributed by atoms with van der Waals surface area (Å²) in [7, 11) is -3.56. The second-order valence-corrected chi connectivity index (χ2v) is 8.65. The zero-order chi connectivity index (χ0) is 20.9. The number of anilines is 1. The van der Waals surface area contributed by atoms with Crippen LogP contribution in [-0.4, -0.2) is 64.5 Å². The maximum atomic E-state index is 13.7. The van der Waals surface area contributed by atoms with E-state index in [1.807, 2.05) is 4.90 Å². The third-order valence-corrected chi connectivity index (χ3v) is 7.17. The quantitative estimate of drug-likeness (QED) is 0.490. The van der Waals surface area contributed by atoms with Gasteiger partial charge in [-0.05, 0) is 37.6 Å². The summed E-state index contributed by atoms with van der Waals surface area (Å²) >= 11 is 0. The Bertz CT molecular complexity index is 836. The second-order valence-electron chi connectivity index (χ2n) is 6.57. The van der Waals surface area contributed by atoms with Gasteiger partial charge in [0.05, 0.1) is 13.2 Å². The Labute approximate surface area is 170 Å². The summed E-state index contributed by atoms with van der Waals surface area (Å²) in [5, 5.41) is 19.7. The number of rotatable bonds is 8. The van der Waals surface area contributed by atoms with Gasteiger partial charge in [-0.25, -0.2) is 9.97 Å². The van der Waals surface area contributed by atoms with Gasteiger partial charge in [0.1, 0.15) is 5.78 Å². The molecule has 29 heavy (non-hydrogen) atoms. The van der Waals surface area contributed by atoms with Gasteiger partial charge in [0.25, 0.3) is 0 Å².